The number of nitrogens with one attached hydrogen (secondary N) is 1. The Balaban J connectivity index is 1.65. The van der Waals surface area contributed by atoms with Crippen LogP contribution in [-0.4, -0.2) is 34.8 Å². The molecule has 112 valence electrons. The van der Waals surface area contributed by atoms with E-state index in [9.17, 15) is 9.59 Å². The van der Waals surface area contributed by atoms with Gasteiger partial charge in [0.25, 0.3) is 5.56 Å². The molecule has 1 N–H and O–H groups in total. The van der Waals surface area contributed by atoms with Crippen LogP contribution in [0.3, 0.4) is 0 Å². The third kappa shape index (κ3) is 2.71. The zero-order chi connectivity index (χ0) is 14.8. The molecule has 0 bridgehead atoms. The first-order valence-corrected chi connectivity index (χ1v) is 7.17. The van der Waals surface area contributed by atoms with E-state index in [1.54, 1.807) is 10.8 Å². The van der Waals surface area contributed by atoms with Crippen molar-refractivity contribution >= 4 is 16.8 Å². The zero-order valence-electron chi connectivity index (χ0n) is 12.0. The van der Waals surface area contributed by atoms with Crippen LogP contribution < -0.4 is 10.9 Å². The lowest BCUT2D eigenvalue weighted by Gasteiger charge is -2.11. The maximum absolute atomic E-state index is 12.4. The summed E-state index contributed by atoms with van der Waals surface area (Å²) in [6.07, 6.45) is 4.43. The molecule has 2 aromatic rings. The first-order chi connectivity index (χ1) is 10.2. The van der Waals surface area contributed by atoms with Crippen LogP contribution >= 0.6 is 0 Å². The van der Waals surface area contributed by atoms with Crippen LogP contribution in [0, 0.1) is 5.92 Å². The Morgan fingerprint density at radius 3 is 3.00 bits per heavy atom. The molecular weight excluding hydrogens is 270 g/mol. The molecule has 1 fully saturated rings. The van der Waals surface area contributed by atoms with E-state index >= 15 is 0 Å². The molecule has 6 nitrogen and oxygen atoms in total. The van der Waals surface area contributed by atoms with Gasteiger partial charge in [-0.15, -0.1) is 0 Å². The summed E-state index contributed by atoms with van der Waals surface area (Å²) in [5, 5.41) is 3.81. The van der Waals surface area contributed by atoms with Gasteiger partial charge in [-0.3, -0.25) is 9.59 Å². The number of ether oxygens (including phenoxy) is 1. The summed E-state index contributed by atoms with van der Waals surface area (Å²) in [7, 11) is 1.86. The van der Waals surface area contributed by atoms with Crippen molar-refractivity contribution in [3.8, 4) is 0 Å². The average molecular weight is 289 g/mol. The highest BCUT2D eigenvalue weighted by Gasteiger charge is 2.22. The average Bonchev–Trinajstić information content (AvgIpc) is 3.11. The van der Waals surface area contributed by atoms with Crippen molar-refractivity contribution in [1.82, 2.24) is 14.5 Å². The molecule has 0 spiro atoms. The highest BCUT2D eigenvalue weighted by Crippen LogP contribution is 2.12. The van der Waals surface area contributed by atoms with Gasteiger partial charge in [-0.25, -0.2) is 0 Å². The third-order valence-corrected chi connectivity index (χ3v) is 3.95. The van der Waals surface area contributed by atoms with Crippen molar-refractivity contribution < 1.29 is 9.53 Å². The van der Waals surface area contributed by atoms with Crippen LogP contribution in [0.25, 0.3) is 10.9 Å². The van der Waals surface area contributed by atoms with Gasteiger partial charge < -0.3 is 19.2 Å². The minimum absolute atomic E-state index is 0.0143. The molecular formula is C15H19N3O3. The predicted molar refractivity (Wildman–Crippen MR) is 79.1 cm³/mol. The van der Waals surface area contributed by atoms with Gasteiger partial charge in [-0.2, -0.15) is 0 Å². The molecule has 21 heavy (non-hydrogen) atoms. The summed E-state index contributed by atoms with van der Waals surface area (Å²) in [5.41, 5.74) is 0.659. The monoisotopic (exact) mass is 289 g/mol. The summed E-state index contributed by atoms with van der Waals surface area (Å²) >= 11 is 0. The topological polar surface area (TPSA) is 65.3 Å². The molecule has 3 rings (SSSR count). The first kappa shape index (κ1) is 13.9. The fraction of sp³-hybridized carbons (Fsp3) is 0.467. The van der Waals surface area contributed by atoms with Crippen LogP contribution in [0.5, 0.6) is 0 Å². The number of fused-ring (bicyclic) bond motifs is 1. The van der Waals surface area contributed by atoms with E-state index in [4.69, 9.17) is 4.74 Å². The van der Waals surface area contributed by atoms with E-state index < -0.39 is 0 Å². The first-order valence-electron chi connectivity index (χ1n) is 7.17. The van der Waals surface area contributed by atoms with Gasteiger partial charge in [-0.05, 0) is 18.6 Å². The predicted octanol–water partition coefficient (Wildman–Crippen LogP) is 0.493. The van der Waals surface area contributed by atoms with E-state index in [0.29, 0.717) is 31.8 Å². The Morgan fingerprint density at radius 2 is 2.24 bits per heavy atom. The molecule has 1 aliphatic heterocycles. The van der Waals surface area contributed by atoms with Gasteiger partial charge >= 0.3 is 0 Å². The fourth-order valence-corrected chi connectivity index (χ4v) is 2.69. The Kier molecular flexibility index (Phi) is 3.79. The summed E-state index contributed by atoms with van der Waals surface area (Å²) in [6, 6.07) is 3.84. The number of hydrogen-bond donors (Lipinski definition) is 1. The van der Waals surface area contributed by atoms with E-state index in [2.05, 4.69) is 5.32 Å². The molecule has 0 radical (unpaired) electrons. The second-order valence-corrected chi connectivity index (χ2v) is 5.40. The minimum atomic E-state index is -0.0444. The number of carbonyl (C=O) groups is 1. The zero-order valence-corrected chi connectivity index (χ0v) is 12.0. The lowest BCUT2D eigenvalue weighted by molar-refractivity contribution is -0.124. The fourth-order valence-electron chi connectivity index (χ4n) is 2.69. The van der Waals surface area contributed by atoms with E-state index in [1.165, 1.54) is 0 Å². The van der Waals surface area contributed by atoms with Gasteiger partial charge in [0, 0.05) is 44.5 Å². The number of nitrogens with zero attached hydrogens (tertiary/aromatic N) is 2. The minimum Gasteiger partial charge on any atom is -0.381 e. The maximum Gasteiger partial charge on any atom is 0.275 e. The van der Waals surface area contributed by atoms with Crippen molar-refractivity contribution in [1.29, 1.82) is 0 Å². The van der Waals surface area contributed by atoms with Crippen molar-refractivity contribution in [3.05, 3.63) is 34.9 Å². The third-order valence-electron chi connectivity index (χ3n) is 3.95. The molecule has 2 aromatic heterocycles. The Morgan fingerprint density at radius 1 is 1.43 bits per heavy atom. The van der Waals surface area contributed by atoms with E-state index in [0.717, 1.165) is 11.8 Å². The standard InChI is InChI=1S/C15H19N3O3/c1-17-6-2-11-3-7-18(15(20)13(11)17)8-5-16-14(19)12-4-9-21-10-12/h2-3,6-7,12H,4-5,8-10H2,1H3,(H,16,19). The summed E-state index contributed by atoms with van der Waals surface area (Å²) in [4.78, 5) is 24.2. The summed E-state index contributed by atoms with van der Waals surface area (Å²) in [5.74, 6) is -0.0300. The van der Waals surface area contributed by atoms with Gasteiger partial charge in [0.2, 0.25) is 5.91 Å². The van der Waals surface area contributed by atoms with Gasteiger partial charge in [-0.1, -0.05) is 0 Å². The number of amides is 1. The van der Waals surface area contributed by atoms with Crippen LogP contribution in [0.4, 0.5) is 0 Å². The smallest absolute Gasteiger partial charge is 0.275 e. The van der Waals surface area contributed by atoms with Crippen molar-refractivity contribution in [2.75, 3.05) is 19.8 Å². The van der Waals surface area contributed by atoms with Crippen molar-refractivity contribution in [2.24, 2.45) is 13.0 Å². The van der Waals surface area contributed by atoms with Gasteiger partial charge in [0.15, 0.2) is 0 Å². The molecule has 0 saturated carbocycles. The molecule has 1 amide bonds. The second kappa shape index (κ2) is 5.73. The Labute approximate surface area is 122 Å². The van der Waals surface area contributed by atoms with Crippen LogP contribution in [-0.2, 0) is 23.1 Å². The van der Waals surface area contributed by atoms with Crippen molar-refractivity contribution in [3.63, 3.8) is 0 Å². The summed E-state index contributed by atoms with van der Waals surface area (Å²) in [6.45, 7) is 2.08. The van der Waals surface area contributed by atoms with E-state index in [-0.39, 0.29) is 17.4 Å². The van der Waals surface area contributed by atoms with E-state index in [1.807, 2.05) is 29.9 Å². The number of aryl methyl sites for hydroxylation is 1. The van der Waals surface area contributed by atoms with Gasteiger partial charge in [0.1, 0.15) is 5.52 Å². The number of rotatable bonds is 4. The SMILES string of the molecule is Cn1ccc2ccn(CCNC(=O)C3CCOC3)c(=O)c21. The molecule has 1 aliphatic rings. The Bertz CT molecular complexity index is 711. The lowest BCUT2D eigenvalue weighted by Crippen LogP contribution is -2.35. The molecule has 1 atom stereocenters. The molecule has 1 saturated heterocycles. The molecule has 0 aliphatic carbocycles. The highest BCUT2D eigenvalue weighted by atomic mass is 16.5. The van der Waals surface area contributed by atoms with Crippen LogP contribution in [0.15, 0.2) is 29.3 Å². The summed E-state index contributed by atoms with van der Waals surface area (Å²) < 4.78 is 8.65. The van der Waals surface area contributed by atoms with Crippen molar-refractivity contribution in [2.45, 2.75) is 13.0 Å². The normalized spacial score (nSPS) is 18.2. The molecule has 6 heteroatoms. The second-order valence-electron chi connectivity index (χ2n) is 5.40. The largest absolute Gasteiger partial charge is 0.381 e. The molecule has 3 heterocycles. The number of carbonyl (C=O) groups excluding carboxylic acids is 1. The molecule has 1 unspecified atom stereocenters. The highest BCUT2D eigenvalue weighted by molar-refractivity contribution is 5.79. The number of pyridine rings is 1. The van der Waals surface area contributed by atoms with Crippen LogP contribution in [0.2, 0.25) is 0 Å². The quantitative estimate of drug-likeness (QED) is 0.891. The number of aromatic nitrogens is 2. The van der Waals surface area contributed by atoms with Crippen LogP contribution in [0.1, 0.15) is 6.42 Å². The molecule has 0 aromatic carbocycles. The Hall–Kier alpha value is -2.08. The maximum atomic E-state index is 12.4. The lowest BCUT2D eigenvalue weighted by atomic mass is 10.1. The number of hydrogen-bond acceptors (Lipinski definition) is 3. The van der Waals surface area contributed by atoms with Gasteiger partial charge in [0.05, 0.1) is 12.5 Å².